The number of nitrogens with zero attached hydrogens (tertiary/aromatic N) is 1. The Morgan fingerprint density at radius 1 is 1.04 bits per heavy atom. The van der Waals surface area contributed by atoms with Gasteiger partial charge in [0.1, 0.15) is 0 Å². The molecule has 0 saturated carbocycles. The molecule has 142 valence electrons. The Morgan fingerprint density at radius 2 is 1.63 bits per heavy atom. The number of hydrogen-bond acceptors (Lipinski definition) is 3. The van der Waals surface area contributed by atoms with Gasteiger partial charge in [0.2, 0.25) is 0 Å². The molecular formula is C23H26BrNO2. The molecule has 0 unspecified atom stereocenters. The summed E-state index contributed by atoms with van der Waals surface area (Å²) in [6.45, 7) is 11.5. The van der Waals surface area contributed by atoms with E-state index in [0.29, 0.717) is 13.2 Å². The summed E-state index contributed by atoms with van der Waals surface area (Å²) in [5.74, 6) is 0.181. The number of halogens is 1. The molecule has 4 heteroatoms. The summed E-state index contributed by atoms with van der Waals surface area (Å²) in [6, 6.07) is 12.7. The fourth-order valence-corrected chi connectivity index (χ4v) is 4.83. The van der Waals surface area contributed by atoms with Crippen LogP contribution in [-0.4, -0.2) is 42.5 Å². The van der Waals surface area contributed by atoms with Gasteiger partial charge in [0.05, 0.1) is 18.8 Å². The SMILES string of the molecule is CC1(C)c2cc(Br)ccc2-c2ccc(C(=O)C(C)(C)N3CCOCC3)cc21. The highest BCUT2D eigenvalue weighted by Gasteiger charge is 2.39. The molecular weight excluding hydrogens is 402 g/mol. The molecule has 0 bridgehead atoms. The molecule has 0 radical (unpaired) electrons. The van der Waals surface area contributed by atoms with Crippen molar-refractivity contribution >= 4 is 21.7 Å². The van der Waals surface area contributed by atoms with Crippen LogP contribution in [0.15, 0.2) is 40.9 Å². The van der Waals surface area contributed by atoms with Crippen LogP contribution in [0.2, 0.25) is 0 Å². The molecule has 2 aromatic carbocycles. The maximum Gasteiger partial charge on any atom is 0.182 e. The van der Waals surface area contributed by atoms with Crippen LogP contribution in [-0.2, 0) is 10.2 Å². The Morgan fingerprint density at radius 3 is 2.30 bits per heavy atom. The molecule has 2 aliphatic rings. The van der Waals surface area contributed by atoms with E-state index in [-0.39, 0.29) is 11.2 Å². The topological polar surface area (TPSA) is 29.5 Å². The quantitative estimate of drug-likeness (QED) is 0.641. The van der Waals surface area contributed by atoms with Crippen LogP contribution in [0.25, 0.3) is 11.1 Å². The number of hydrogen-bond donors (Lipinski definition) is 0. The lowest BCUT2D eigenvalue weighted by Gasteiger charge is -2.39. The van der Waals surface area contributed by atoms with Gasteiger partial charge in [0, 0.05) is 28.5 Å². The van der Waals surface area contributed by atoms with Gasteiger partial charge in [0.15, 0.2) is 5.78 Å². The average Bonchev–Trinajstić information content (AvgIpc) is 2.88. The minimum atomic E-state index is -0.531. The Balaban J connectivity index is 1.73. The van der Waals surface area contributed by atoms with Crippen LogP contribution in [0.3, 0.4) is 0 Å². The number of ketones is 1. The standard InChI is InChI=1S/C23H26BrNO2/c1-22(2)19-13-15(21(26)23(3,4)25-9-11-27-12-10-25)5-7-17(19)18-8-6-16(24)14-20(18)22/h5-8,13-14H,9-12H2,1-4H3. The Kier molecular flexibility index (Phi) is 4.57. The van der Waals surface area contributed by atoms with E-state index in [1.54, 1.807) is 0 Å². The minimum absolute atomic E-state index is 0.117. The maximum absolute atomic E-state index is 13.4. The summed E-state index contributed by atoms with van der Waals surface area (Å²) in [4.78, 5) is 15.7. The van der Waals surface area contributed by atoms with E-state index in [0.717, 1.165) is 23.1 Å². The number of ether oxygens (including phenoxy) is 1. The van der Waals surface area contributed by atoms with Gasteiger partial charge in [-0.2, -0.15) is 0 Å². The number of benzene rings is 2. The lowest BCUT2D eigenvalue weighted by Crippen LogP contribution is -2.54. The molecule has 3 nitrogen and oxygen atoms in total. The van der Waals surface area contributed by atoms with Crippen molar-refractivity contribution < 1.29 is 9.53 Å². The third-order valence-electron chi connectivity index (χ3n) is 6.26. The number of carbonyl (C=O) groups is 1. The monoisotopic (exact) mass is 427 g/mol. The Labute approximate surface area is 169 Å². The van der Waals surface area contributed by atoms with Crippen LogP contribution in [0, 0.1) is 0 Å². The molecule has 1 saturated heterocycles. The van der Waals surface area contributed by atoms with Gasteiger partial charge in [0.25, 0.3) is 0 Å². The lowest BCUT2D eigenvalue weighted by atomic mass is 9.81. The average molecular weight is 428 g/mol. The van der Waals surface area contributed by atoms with E-state index in [4.69, 9.17) is 4.74 Å². The molecule has 27 heavy (non-hydrogen) atoms. The van der Waals surface area contributed by atoms with Crippen LogP contribution < -0.4 is 0 Å². The Hall–Kier alpha value is -1.49. The van der Waals surface area contributed by atoms with E-state index in [1.807, 2.05) is 19.9 Å². The largest absolute Gasteiger partial charge is 0.379 e. The van der Waals surface area contributed by atoms with Crippen molar-refractivity contribution in [3.8, 4) is 11.1 Å². The van der Waals surface area contributed by atoms with Gasteiger partial charge >= 0.3 is 0 Å². The molecule has 0 spiro atoms. The summed E-state index contributed by atoms with van der Waals surface area (Å²) >= 11 is 3.60. The van der Waals surface area contributed by atoms with Gasteiger partial charge in [-0.05, 0) is 54.3 Å². The normalized spacial score (nSPS) is 18.9. The van der Waals surface area contributed by atoms with Crippen LogP contribution >= 0.6 is 15.9 Å². The lowest BCUT2D eigenvalue weighted by molar-refractivity contribution is -0.00430. The summed E-state index contributed by atoms with van der Waals surface area (Å²) < 4.78 is 6.55. The fourth-order valence-electron chi connectivity index (χ4n) is 4.47. The molecule has 1 fully saturated rings. The zero-order valence-corrected chi connectivity index (χ0v) is 18.0. The first-order valence-corrected chi connectivity index (χ1v) is 10.3. The van der Waals surface area contributed by atoms with Crippen LogP contribution in [0.4, 0.5) is 0 Å². The van der Waals surface area contributed by atoms with Gasteiger partial charge in [-0.1, -0.05) is 48.0 Å². The maximum atomic E-state index is 13.4. The number of morpholine rings is 1. The highest BCUT2D eigenvalue weighted by atomic mass is 79.9. The van der Waals surface area contributed by atoms with Crippen LogP contribution in [0.1, 0.15) is 49.2 Å². The fraction of sp³-hybridized carbons (Fsp3) is 0.435. The van der Waals surface area contributed by atoms with Gasteiger partial charge in [-0.15, -0.1) is 0 Å². The van der Waals surface area contributed by atoms with Crippen molar-refractivity contribution in [2.75, 3.05) is 26.3 Å². The molecule has 2 aromatic rings. The predicted molar refractivity (Wildman–Crippen MR) is 113 cm³/mol. The van der Waals surface area contributed by atoms with E-state index < -0.39 is 5.54 Å². The second-order valence-corrected chi connectivity index (χ2v) is 9.48. The van der Waals surface area contributed by atoms with Crippen molar-refractivity contribution in [1.82, 2.24) is 4.90 Å². The molecule has 0 amide bonds. The molecule has 0 atom stereocenters. The van der Waals surface area contributed by atoms with Crippen molar-refractivity contribution in [2.45, 2.75) is 38.6 Å². The van der Waals surface area contributed by atoms with E-state index in [9.17, 15) is 4.79 Å². The van der Waals surface area contributed by atoms with E-state index in [2.05, 4.69) is 65.0 Å². The molecule has 1 aliphatic carbocycles. The van der Waals surface area contributed by atoms with E-state index in [1.165, 1.54) is 22.3 Å². The number of Topliss-reactive ketones (excluding diaryl/α,β-unsaturated/α-hetero) is 1. The summed E-state index contributed by atoms with van der Waals surface area (Å²) in [7, 11) is 0. The van der Waals surface area contributed by atoms with Gasteiger partial charge in [-0.3, -0.25) is 9.69 Å². The third-order valence-corrected chi connectivity index (χ3v) is 6.75. The smallest absolute Gasteiger partial charge is 0.182 e. The molecule has 1 heterocycles. The van der Waals surface area contributed by atoms with Crippen molar-refractivity contribution in [3.05, 3.63) is 57.6 Å². The third kappa shape index (κ3) is 2.98. The van der Waals surface area contributed by atoms with Gasteiger partial charge in [-0.25, -0.2) is 0 Å². The predicted octanol–water partition coefficient (Wildman–Crippen LogP) is 5.05. The number of carbonyl (C=O) groups excluding carboxylic acids is 1. The summed E-state index contributed by atoms with van der Waals surface area (Å²) in [6.07, 6.45) is 0. The first kappa shape index (κ1) is 18.9. The van der Waals surface area contributed by atoms with Gasteiger partial charge < -0.3 is 4.74 Å². The minimum Gasteiger partial charge on any atom is -0.379 e. The van der Waals surface area contributed by atoms with Crippen molar-refractivity contribution in [3.63, 3.8) is 0 Å². The molecule has 1 aliphatic heterocycles. The van der Waals surface area contributed by atoms with E-state index >= 15 is 0 Å². The Bertz CT molecular complexity index is 911. The summed E-state index contributed by atoms with van der Waals surface area (Å²) in [5, 5.41) is 0. The first-order chi connectivity index (χ1) is 12.7. The molecule has 0 aromatic heterocycles. The number of rotatable bonds is 3. The second-order valence-electron chi connectivity index (χ2n) is 8.56. The zero-order valence-electron chi connectivity index (χ0n) is 16.4. The highest BCUT2D eigenvalue weighted by molar-refractivity contribution is 9.10. The molecule has 4 rings (SSSR count). The number of fused-ring (bicyclic) bond motifs is 3. The van der Waals surface area contributed by atoms with Crippen LogP contribution in [0.5, 0.6) is 0 Å². The second kappa shape index (κ2) is 6.54. The van der Waals surface area contributed by atoms with Crippen molar-refractivity contribution in [2.24, 2.45) is 0 Å². The van der Waals surface area contributed by atoms with Crippen molar-refractivity contribution in [1.29, 1.82) is 0 Å². The highest BCUT2D eigenvalue weighted by Crippen LogP contribution is 2.49. The zero-order chi connectivity index (χ0) is 19.4. The summed E-state index contributed by atoms with van der Waals surface area (Å²) in [5.41, 5.74) is 5.20. The first-order valence-electron chi connectivity index (χ1n) is 9.55. The molecule has 0 N–H and O–H groups in total.